The fraction of sp³-hybridized carbons (Fsp3) is 0.382. The van der Waals surface area contributed by atoms with Crippen LogP contribution in [0, 0.1) is 5.92 Å². The summed E-state index contributed by atoms with van der Waals surface area (Å²) in [6.45, 7) is 4.36. The van der Waals surface area contributed by atoms with Crippen molar-refractivity contribution in [3.63, 3.8) is 0 Å². The van der Waals surface area contributed by atoms with Gasteiger partial charge in [0, 0.05) is 25.0 Å². The average Bonchev–Trinajstić information content (AvgIpc) is 3.02. The topological polar surface area (TPSA) is 91.0 Å². The van der Waals surface area contributed by atoms with Gasteiger partial charge < -0.3 is 25.2 Å². The van der Waals surface area contributed by atoms with Crippen molar-refractivity contribution in [3.8, 4) is 5.75 Å². The van der Waals surface area contributed by atoms with Crippen molar-refractivity contribution in [3.05, 3.63) is 84.4 Å². The van der Waals surface area contributed by atoms with Gasteiger partial charge in [-0.3, -0.25) is 9.59 Å². The van der Waals surface area contributed by atoms with Gasteiger partial charge in [-0.1, -0.05) is 75.6 Å². The van der Waals surface area contributed by atoms with Crippen LogP contribution in [0.25, 0.3) is 0 Å². The second kappa shape index (κ2) is 15.1. The lowest BCUT2D eigenvalue weighted by Gasteiger charge is -2.31. The van der Waals surface area contributed by atoms with Crippen LogP contribution >= 0.6 is 0 Å². The molecule has 3 aromatic rings. The van der Waals surface area contributed by atoms with E-state index in [0.29, 0.717) is 35.5 Å². The summed E-state index contributed by atoms with van der Waals surface area (Å²) in [5, 5.41) is 5.56. The first-order valence-electron chi connectivity index (χ1n) is 14.8. The maximum atomic E-state index is 13.7. The maximum Gasteiger partial charge on any atom is 0.319 e. The summed E-state index contributed by atoms with van der Waals surface area (Å²) in [6.07, 6.45) is 5.59. The number of carbonyl (C=O) groups is 3. The largest absolute Gasteiger partial charge is 0.482 e. The molecular formula is C34H42N4O4. The molecule has 222 valence electrons. The number of urea groups is 1. The predicted molar refractivity (Wildman–Crippen MR) is 168 cm³/mol. The quantitative estimate of drug-likeness (QED) is 0.272. The number of carbonyl (C=O) groups excluding carboxylic acids is 3. The number of ether oxygens (including phenoxy) is 1. The van der Waals surface area contributed by atoms with E-state index >= 15 is 0 Å². The first-order valence-corrected chi connectivity index (χ1v) is 14.8. The van der Waals surface area contributed by atoms with Crippen molar-refractivity contribution >= 4 is 34.9 Å². The lowest BCUT2D eigenvalue weighted by Crippen LogP contribution is -2.44. The van der Waals surface area contributed by atoms with Gasteiger partial charge in [0.05, 0.1) is 12.2 Å². The van der Waals surface area contributed by atoms with Crippen molar-refractivity contribution in [1.82, 2.24) is 5.32 Å². The fourth-order valence-electron chi connectivity index (χ4n) is 5.20. The highest BCUT2D eigenvalue weighted by Gasteiger charge is 2.25. The number of nitrogens with one attached hydrogen (secondary N) is 2. The van der Waals surface area contributed by atoms with E-state index in [1.807, 2.05) is 72.8 Å². The number of benzene rings is 3. The van der Waals surface area contributed by atoms with Gasteiger partial charge in [0.1, 0.15) is 5.75 Å². The molecule has 2 N–H and O–H groups in total. The Morgan fingerprint density at radius 3 is 2.33 bits per heavy atom. The molecule has 0 saturated heterocycles. The molecule has 4 rings (SSSR count). The van der Waals surface area contributed by atoms with E-state index in [9.17, 15) is 14.4 Å². The summed E-state index contributed by atoms with van der Waals surface area (Å²) in [6, 6.07) is 23.9. The third-order valence-corrected chi connectivity index (χ3v) is 7.70. The van der Waals surface area contributed by atoms with Crippen LogP contribution in [0.15, 0.2) is 78.9 Å². The number of hydrogen-bond acceptors (Lipinski definition) is 4. The zero-order valence-electron chi connectivity index (χ0n) is 24.8. The number of amides is 4. The van der Waals surface area contributed by atoms with Crippen molar-refractivity contribution in [2.75, 3.05) is 41.9 Å². The lowest BCUT2D eigenvalue weighted by molar-refractivity contribution is -0.120. The SMILES string of the molecule is CC(C)c1cccc(NC(=O)NCC(=O)N(CC2CCCCC2)c2ccccc2OCC(=O)N(C)c2ccccc2)c1. The molecule has 1 aliphatic carbocycles. The van der Waals surface area contributed by atoms with Crippen LogP contribution in [0.1, 0.15) is 57.4 Å². The van der Waals surface area contributed by atoms with Crippen LogP contribution in [0.3, 0.4) is 0 Å². The van der Waals surface area contributed by atoms with E-state index in [4.69, 9.17) is 4.74 Å². The van der Waals surface area contributed by atoms with E-state index in [1.165, 1.54) is 6.42 Å². The zero-order chi connectivity index (χ0) is 29.9. The van der Waals surface area contributed by atoms with Crippen molar-refractivity contribution in [1.29, 1.82) is 0 Å². The van der Waals surface area contributed by atoms with Crippen LogP contribution in [-0.2, 0) is 9.59 Å². The Morgan fingerprint density at radius 1 is 0.881 bits per heavy atom. The second-order valence-electron chi connectivity index (χ2n) is 11.1. The smallest absolute Gasteiger partial charge is 0.319 e. The van der Waals surface area contributed by atoms with Crippen LogP contribution in [0.2, 0.25) is 0 Å². The Balaban J connectivity index is 1.45. The Morgan fingerprint density at radius 2 is 1.60 bits per heavy atom. The van der Waals surface area contributed by atoms with Gasteiger partial charge in [-0.05, 0) is 66.6 Å². The molecule has 0 aromatic heterocycles. The van der Waals surface area contributed by atoms with E-state index in [0.717, 1.165) is 36.9 Å². The zero-order valence-corrected chi connectivity index (χ0v) is 24.8. The highest BCUT2D eigenvalue weighted by molar-refractivity contribution is 5.99. The first-order chi connectivity index (χ1) is 20.3. The summed E-state index contributed by atoms with van der Waals surface area (Å²) in [5.74, 6) is 0.693. The molecule has 1 fully saturated rings. The van der Waals surface area contributed by atoms with Crippen molar-refractivity contribution < 1.29 is 19.1 Å². The number of para-hydroxylation sites is 3. The molecule has 0 radical (unpaired) electrons. The van der Waals surface area contributed by atoms with E-state index in [-0.39, 0.29) is 25.0 Å². The molecule has 0 heterocycles. The number of hydrogen-bond donors (Lipinski definition) is 2. The minimum atomic E-state index is -0.444. The van der Waals surface area contributed by atoms with Gasteiger partial charge >= 0.3 is 6.03 Å². The normalized spacial score (nSPS) is 13.3. The molecular weight excluding hydrogens is 528 g/mol. The predicted octanol–water partition coefficient (Wildman–Crippen LogP) is 6.59. The van der Waals surface area contributed by atoms with E-state index in [2.05, 4.69) is 24.5 Å². The standard InChI is InChI=1S/C34H42N4O4/c1-25(2)27-15-12-16-28(21-27)36-34(41)35-22-32(39)38(23-26-13-6-4-7-14-26)30-19-10-11-20-31(30)42-24-33(40)37(3)29-17-8-5-9-18-29/h5,8-12,15-21,25-26H,4,6-7,13-14,22-24H2,1-3H3,(H2,35,36,41). The van der Waals surface area contributed by atoms with Crippen LogP contribution in [0.5, 0.6) is 5.75 Å². The Kier molecular flexibility index (Phi) is 11.0. The van der Waals surface area contributed by atoms with E-state index in [1.54, 1.807) is 22.9 Å². The molecule has 8 heteroatoms. The molecule has 42 heavy (non-hydrogen) atoms. The number of likely N-dealkylation sites (N-methyl/N-ethyl adjacent to an activating group) is 1. The molecule has 0 aliphatic heterocycles. The monoisotopic (exact) mass is 570 g/mol. The number of nitrogens with zero attached hydrogens (tertiary/aromatic N) is 2. The van der Waals surface area contributed by atoms with E-state index < -0.39 is 6.03 Å². The average molecular weight is 571 g/mol. The summed E-state index contributed by atoms with van der Waals surface area (Å²) in [7, 11) is 1.71. The fourth-order valence-corrected chi connectivity index (χ4v) is 5.20. The number of rotatable bonds is 11. The molecule has 4 amide bonds. The minimum Gasteiger partial charge on any atom is -0.482 e. The highest BCUT2D eigenvalue weighted by atomic mass is 16.5. The third-order valence-electron chi connectivity index (χ3n) is 7.70. The molecule has 1 saturated carbocycles. The molecule has 8 nitrogen and oxygen atoms in total. The summed E-state index contributed by atoms with van der Waals surface area (Å²) in [4.78, 5) is 42.5. The van der Waals surface area contributed by atoms with Crippen LogP contribution < -0.4 is 25.2 Å². The Labute approximate surface area is 249 Å². The molecule has 0 bridgehead atoms. The van der Waals surface area contributed by atoms with Gasteiger partial charge in [0.15, 0.2) is 6.61 Å². The maximum absolute atomic E-state index is 13.7. The molecule has 3 aromatic carbocycles. The number of anilines is 3. The van der Waals surface area contributed by atoms with Crippen molar-refractivity contribution in [2.45, 2.75) is 51.9 Å². The summed E-state index contributed by atoms with van der Waals surface area (Å²) >= 11 is 0. The Bertz CT molecular complexity index is 1340. The minimum absolute atomic E-state index is 0.174. The van der Waals surface area contributed by atoms with Gasteiger partial charge in [-0.2, -0.15) is 0 Å². The molecule has 0 spiro atoms. The summed E-state index contributed by atoms with van der Waals surface area (Å²) in [5.41, 5.74) is 3.16. The van der Waals surface area contributed by atoms with Crippen molar-refractivity contribution in [2.24, 2.45) is 5.92 Å². The molecule has 0 atom stereocenters. The first kappa shape index (κ1) is 30.6. The van der Waals surface area contributed by atoms with Gasteiger partial charge in [0.2, 0.25) is 5.91 Å². The Hall–Kier alpha value is -4.33. The lowest BCUT2D eigenvalue weighted by atomic mass is 9.89. The second-order valence-corrected chi connectivity index (χ2v) is 11.1. The van der Waals surface area contributed by atoms with Crippen LogP contribution in [-0.4, -0.2) is 44.6 Å². The summed E-state index contributed by atoms with van der Waals surface area (Å²) < 4.78 is 6.01. The third kappa shape index (κ3) is 8.59. The van der Waals surface area contributed by atoms with Gasteiger partial charge in [0.25, 0.3) is 5.91 Å². The molecule has 0 unspecified atom stereocenters. The van der Waals surface area contributed by atoms with Gasteiger partial charge in [-0.25, -0.2) is 4.79 Å². The van der Waals surface area contributed by atoms with Gasteiger partial charge in [-0.15, -0.1) is 0 Å². The highest BCUT2D eigenvalue weighted by Crippen LogP contribution is 2.32. The van der Waals surface area contributed by atoms with Crippen LogP contribution in [0.4, 0.5) is 21.9 Å². The molecule has 1 aliphatic rings.